The van der Waals surface area contributed by atoms with Crippen LogP contribution in [0.25, 0.3) is 0 Å². The van der Waals surface area contributed by atoms with E-state index in [-0.39, 0.29) is 37.1 Å². The average molecular weight is 327 g/mol. The lowest BCUT2D eigenvalue weighted by molar-refractivity contribution is -0.368. The van der Waals surface area contributed by atoms with Crippen molar-refractivity contribution in [3.05, 3.63) is 29.3 Å². The molecule has 1 aromatic rings. The minimum absolute atomic E-state index is 0.0203. The van der Waals surface area contributed by atoms with Gasteiger partial charge in [-0.2, -0.15) is 0 Å². The molecule has 23 heavy (non-hydrogen) atoms. The first-order valence-corrected chi connectivity index (χ1v) is 7.11. The molecule has 124 valence electrons. The number of halogens is 2. The van der Waals surface area contributed by atoms with Gasteiger partial charge in [-0.15, -0.1) is 8.78 Å². The topological polar surface area (TPSA) is 76.1 Å². The van der Waals surface area contributed by atoms with Crippen molar-refractivity contribution in [2.75, 3.05) is 6.54 Å². The Kier molecular flexibility index (Phi) is 3.71. The van der Waals surface area contributed by atoms with E-state index in [9.17, 15) is 23.5 Å². The monoisotopic (exact) mass is 327 g/mol. The fourth-order valence-electron chi connectivity index (χ4n) is 3.17. The lowest BCUT2D eigenvalue weighted by Crippen LogP contribution is -2.39. The fourth-order valence-corrected chi connectivity index (χ4v) is 3.17. The second-order valence-corrected chi connectivity index (χ2v) is 5.64. The van der Waals surface area contributed by atoms with E-state index in [1.807, 2.05) is 0 Å². The Hall–Kier alpha value is -2.22. The predicted molar refractivity (Wildman–Crippen MR) is 73.0 cm³/mol. The lowest BCUT2D eigenvalue weighted by Gasteiger charge is -2.27. The molecule has 2 aliphatic rings. The van der Waals surface area contributed by atoms with Crippen molar-refractivity contribution in [2.24, 2.45) is 0 Å². The number of rotatable bonds is 2. The number of hydrogen-bond donors (Lipinski definition) is 1. The van der Waals surface area contributed by atoms with Crippen LogP contribution in [0.5, 0.6) is 5.75 Å². The summed E-state index contributed by atoms with van der Waals surface area (Å²) in [7, 11) is 0. The number of hydrogen-bond acceptors (Lipinski definition) is 4. The molecule has 2 aliphatic heterocycles. The summed E-state index contributed by atoms with van der Waals surface area (Å²) >= 11 is 0. The summed E-state index contributed by atoms with van der Waals surface area (Å²) in [6, 6.07) is 3.80. The zero-order valence-electron chi connectivity index (χ0n) is 12.3. The number of amides is 1. The summed E-state index contributed by atoms with van der Waals surface area (Å²) in [6.07, 6.45) is -3.45. The summed E-state index contributed by atoms with van der Waals surface area (Å²) in [5, 5.41) is 9.26. The van der Waals surface area contributed by atoms with Gasteiger partial charge in [0.25, 0.3) is 0 Å². The van der Waals surface area contributed by atoms with Gasteiger partial charge in [0, 0.05) is 24.9 Å². The Balaban J connectivity index is 1.92. The summed E-state index contributed by atoms with van der Waals surface area (Å²) in [4.78, 5) is 24.2. The molecule has 1 unspecified atom stereocenters. The maximum absolute atomic E-state index is 13.2. The van der Waals surface area contributed by atoms with E-state index in [1.165, 1.54) is 17.9 Å². The predicted octanol–water partition coefficient (Wildman–Crippen LogP) is 1.93. The first kappa shape index (κ1) is 15.7. The van der Waals surface area contributed by atoms with Crippen molar-refractivity contribution < 1.29 is 33.0 Å². The minimum atomic E-state index is -3.67. The molecule has 2 heterocycles. The number of alkyl halides is 2. The number of fused-ring (bicyclic) bond motifs is 1. The third-order valence-corrected chi connectivity index (χ3v) is 4.21. The highest BCUT2D eigenvalue weighted by molar-refractivity contribution is 5.83. The largest absolute Gasteiger partial charge is 0.535 e. The fraction of sp³-hybridized carbons (Fsp3) is 0.467. The number of carboxylic acids is 1. The van der Waals surface area contributed by atoms with Crippen LogP contribution in [0.2, 0.25) is 0 Å². The van der Waals surface area contributed by atoms with Crippen LogP contribution in [-0.4, -0.2) is 40.8 Å². The van der Waals surface area contributed by atoms with E-state index >= 15 is 0 Å². The molecule has 0 aliphatic carbocycles. The Morgan fingerprint density at radius 1 is 1.39 bits per heavy atom. The van der Waals surface area contributed by atoms with E-state index < -0.39 is 18.3 Å². The second-order valence-electron chi connectivity index (χ2n) is 5.64. The van der Waals surface area contributed by atoms with E-state index in [1.54, 1.807) is 12.1 Å². The summed E-state index contributed by atoms with van der Waals surface area (Å²) < 4.78 is 35.2. The van der Waals surface area contributed by atoms with Crippen LogP contribution in [0.15, 0.2) is 18.2 Å². The molecule has 1 aromatic carbocycles. The van der Waals surface area contributed by atoms with Crippen LogP contribution in [0.1, 0.15) is 30.4 Å². The normalized spacial score (nSPS) is 25.6. The van der Waals surface area contributed by atoms with E-state index in [2.05, 4.69) is 9.47 Å². The van der Waals surface area contributed by atoms with Gasteiger partial charge >= 0.3 is 12.3 Å². The maximum atomic E-state index is 13.2. The van der Waals surface area contributed by atoms with Crippen LogP contribution in [0, 0.1) is 0 Å². The molecule has 0 saturated carbocycles. The molecule has 3 rings (SSSR count). The summed E-state index contributed by atoms with van der Waals surface area (Å²) in [5.41, 5.74) is 1.14. The first-order valence-electron chi connectivity index (χ1n) is 7.11. The molecule has 1 N–H and O–H groups in total. The average Bonchev–Trinajstić information content (AvgIpc) is 2.90. The van der Waals surface area contributed by atoms with E-state index in [0.717, 1.165) is 0 Å². The van der Waals surface area contributed by atoms with Crippen molar-refractivity contribution in [1.29, 1.82) is 0 Å². The molecular weight excluding hydrogens is 312 g/mol. The van der Waals surface area contributed by atoms with Gasteiger partial charge in [-0.3, -0.25) is 9.53 Å². The molecule has 0 spiro atoms. The highest BCUT2D eigenvalue weighted by Crippen LogP contribution is 2.41. The molecule has 1 amide bonds. The van der Waals surface area contributed by atoms with Gasteiger partial charge in [-0.25, -0.2) is 4.79 Å². The van der Waals surface area contributed by atoms with Crippen molar-refractivity contribution in [1.82, 2.24) is 4.90 Å². The zero-order valence-corrected chi connectivity index (χ0v) is 12.3. The zero-order chi connectivity index (χ0) is 16.8. The summed E-state index contributed by atoms with van der Waals surface area (Å²) in [6.45, 7) is 1.21. The van der Waals surface area contributed by atoms with Crippen LogP contribution < -0.4 is 4.74 Å². The van der Waals surface area contributed by atoms with Crippen LogP contribution in [0.3, 0.4) is 0 Å². The Labute approximate surface area is 130 Å². The number of ether oxygens (including phenoxy) is 2. The van der Waals surface area contributed by atoms with E-state index in [0.29, 0.717) is 11.1 Å². The molecule has 1 fully saturated rings. The number of benzene rings is 1. The van der Waals surface area contributed by atoms with Gasteiger partial charge in [-0.1, -0.05) is 12.1 Å². The van der Waals surface area contributed by atoms with Crippen LogP contribution in [0.4, 0.5) is 8.78 Å². The molecule has 0 radical (unpaired) electrons. The maximum Gasteiger partial charge on any atom is 0.535 e. The van der Waals surface area contributed by atoms with Gasteiger partial charge < -0.3 is 14.7 Å². The second kappa shape index (κ2) is 5.45. The molecule has 1 saturated heterocycles. The number of nitrogens with zero attached hydrogens (tertiary/aromatic N) is 1. The first-order chi connectivity index (χ1) is 10.8. The van der Waals surface area contributed by atoms with Crippen molar-refractivity contribution in [3.63, 3.8) is 0 Å². The number of carboxylic acid groups (broad SMARTS) is 1. The quantitative estimate of drug-likeness (QED) is 0.898. The molecule has 0 aromatic heterocycles. The third kappa shape index (κ3) is 2.86. The Morgan fingerprint density at radius 2 is 2.13 bits per heavy atom. The van der Waals surface area contributed by atoms with Crippen LogP contribution >= 0.6 is 0 Å². The third-order valence-electron chi connectivity index (χ3n) is 4.21. The van der Waals surface area contributed by atoms with Gasteiger partial charge in [0.2, 0.25) is 5.91 Å². The van der Waals surface area contributed by atoms with Crippen molar-refractivity contribution >= 4 is 11.9 Å². The SMILES string of the molecule is CC(=O)N1CC(c2cccc3c2COC(F)(F)O3)C[C@@H]1C(=O)O. The van der Waals surface area contributed by atoms with Gasteiger partial charge in [0.05, 0.1) is 6.61 Å². The van der Waals surface area contributed by atoms with E-state index in [4.69, 9.17) is 0 Å². The number of aliphatic carboxylic acids is 1. The Morgan fingerprint density at radius 3 is 2.74 bits per heavy atom. The van der Waals surface area contributed by atoms with Gasteiger partial charge in [0.15, 0.2) is 0 Å². The van der Waals surface area contributed by atoms with Crippen LogP contribution in [-0.2, 0) is 20.9 Å². The molecule has 6 nitrogen and oxygen atoms in total. The highest BCUT2D eigenvalue weighted by Gasteiger charge is 2.43. The minimum Gasteiger partial charge on any atom is -0.480 e. The number of likely N-dealkylation sites (tertiary alicyclic amines) is 1. The number of carbonyl (C=O) groups excluding carboxylic acids is 1. The number of carbonyl (C=O) groups is 2. The molecule has 8 heteroatoms. The lowest BCUT2D eigenvalue weighted by atomic mass is 9.91. The molecular formula is C15H15F2NO5. The molecule has 0 bridgehead atoms. The summed E-state index contributed by atoms with van der Waals surface area (Å²) in [5.74, 6) is -1.66. The van der Waals surface area contributed by atoms with Crippen molar-refractivity contribution in [2.45, 2.75) is 38.2 Å². The van der Waals surface area contributed by atoms with Crippen molar-refractivity contribution in [3.8, 4) is 5.75 Å². The van der Waals surface area contributed by atoms with Gasteiger partial charge in [0.1, 0.15) is 11.8 Å². The standard InChI is InChI=1S/C15H15F2NO5/c1-8(19)18-6-9(5-12(18)14(20)21)10-3-2-4-13-11(10)7-22-15(16,17)23-13/h2-4,9,12H,5-7H2,1H3,(H,20,21)/t9?,12-/m1/s1. The molecule has 2 atom stereocenters. The Bertz CT molecular complexity index is 641. The highest BCUT2D eigenvalue weighted by atomic mass is 19.3. The van der Waals surface area contributed by atoms with Gasteiger partial charge in [-0.05, 0) is 18.1 Å². The smallest absolute Gasteiger partial charge is 0.480 e.